The molecule has 0 saturated heterocycles. The molecule has 0 amide bonds. The van der Waals surface area contributed by atoms with Gasteiger partial charge in [-0.3, -0.25) is 4.55 Å². The summed E-state index contributed by atoms with van der Waals surface area (Å²) in [5, 5.41) is 3.23. The van der Waals surface area contributed by atoms with Gasteiger partial charge < -0.3 is 5.32 Å². The van der Waals surface area contributed by atoms with Gasteiger partial charge in [-0.25, -0.2) is 14.4 Å². The van der Waals surface area contributed by atoms with Gasteiger partial charge in [-0.2, -0.15) is 8.42 Å². The molecule has 0 fully saturated rings. The molecule has 0 spiro atoms. The first-order valence-corrected chi connectivity index (χ1v) is 13.0. The Morgan fingerprint density at radius 2 is 1.69 bits per heavy atom. The Morgan fingerprint density at radius 1 is 0.971 bits per heavy atom. The van der Waals surface area contributed by atoms with Crippen LogP contribution < -0.4 is 5.32 Å². The van der Waals surface area contributed by atoms with E-state index in [0.717, 1.165) is 33.6 Å². The van der Waals surface area contributed by atoms with Crippen LogP contribution in [0, 0.1) is 5.82 Å². The smallest absolute Gasteiger partial charge is 0.264 e. The molecule has 178 valence electrons. The number of aromatic nitrogens is 2. The Hall–Kier alpha value is -3.62. The molecule has 0 unspecified atom stereocenters. The molecule has 5 rings (SSSR count). The first-order valence-electron chi connectivity index (χ1n) is 11.4. The second kappa shape index (κ2) is 9.56. The number of nitrogens with zero attached hydrogens (tertiary/aromatic N) is 2. The van der Waals surface area contributed by atoms with Crippen molar-refractivity contribution in [2.24, 2.45) is 0 Å². The number of hydrogen-bond donors (Lipinski definition) is 2. The van der Waals surface area contributed by atoms with E-state index in [2.05, 4.69) is 10.3 Å². The van der Waals surface area contributed by atoms with Crippen LogP contribution in [-0.4, -0.2) is 28.7 Å². The summed E-state index contributed by atoms with van der Waals surface area (Å²) in [4.78, 5) is 9.29. The second-order valence-corrected chi connectivity index (χ2v) is 10.2. The van der Waals surface area contributed by atoms with E-state index in [0.29, 0.717) is 30.8 Å². The first-order chi connectivity index (χ1) is 16.9. The number of benzene rings is 3. The van der Waals surface area contributed by atoms with E-state index in [4.69, 9.17) is 9.54 Å². The van der Waals surface area contributed by atoms with Gasteiger partial charge in [-0.05, 0) is 59.7 Å². The van der Waals surface area contributed by atoms with Gasteiger partial charge in [0, 0.05) is 23.4 Å². The zero-order valence-electron chi connectivity index (χ0n) is 18.9. The van der Waals surface area contributed by atoms with Crippen LogP contribution in [0.2, 0.25) is 0 Å². The number of hydrogen-bond acceptors (Lipinski definition) is 5. The molecule has 2 N–H and O–H groups in total. The second-order valence-electron chi connectivity index (χ2n) is 8.64. The largest absolute Gasteiger partial charge is 0.324 e. The molecule has 6 nitrogen and oxygen atoms in total. The lowest BCUT2D eigenvalue weighted by molar-refractivity contribution is 0.481. The maximum atomic E-state index is 14.6. The predicted octanol–water partition coefficient (Wildman–Crippen LogP) is 5.53. The highest BCUT2D eigenvalue weighted by Gasteiger charge is 2.28. The maximum Gasteiger partial charge on any atom is 0.264 e. The molecule has 0 bridgehead atoms. The minimum absolute atomic E-state index is 0.101. The summed E-state index contributed by atoms with van der Waals surface area (Å²) in [6.07, 6.45) is 3.33. The summed E-state index contributed by atoms with van der Waals surface area (Å²) >= 11 is 0. The highest BCUT2D eigenvalue weighted by molar-refractivity contribution is 7.85. The monoisotopic (exact) mass is 489 g/mol. The van der Waals surface area contributed by atoms with E-state index in [1.54, 1.807) is 12.3 Å². The summed E-state index contributed by atoms with van der Waals surface area (Å²) in [5.41, 5.74) is 6.27. The summed E-state index contributed by atoms with van der Waals surface area (Å²) in [7, 11) is -3.94. The van der Waals surface area contributed by atoms with E-state index in [1.165, 1.54) is 6.07 Å². The molecule has 1 aromatic heterocycles. The van der Waals surface area contributed by atoms with Gasteiger partial charge in [0.05, 0.1) is 11.4 Å². The SMILES string of the molecule is O=S(=O)(O)CCCc1ccc(Nc2ncc3c(n2)-c2ccccc2[C@@H](c2ccccc2F)C3)cc1. The first kappa shape index (κ1) is 23.1. The molecular formula is C27H24FN3O3S. The van der Waals surface area contributed by atoms with Crippen molar-refractivity contribution in [3.05, 3.63) is 107 Å². The Labute approximate surface area is 203 Å². The zero-order valence-corrected chi connectivity index (χ0v) is 19.7. The normalized spacial score (nSPS) is 14.7. The maximum absolute atomic E-state index is 14.6. The van der Waals surface area contributed by atoms with Crippen molar-refractivity contribution in [3.63, 3.8) is 0 Å². The minimum Gasteiger partial charge on any atom is -0.324 e. The molecule has 8 heteroatoms. The summed E-state index contributed by atoms with van der Waals surface area (Å²) in [6, 6.07) is 22.4. The Bertz CT molecular complexity index is 1470. The van der Waals surface area contributed by atoms with Crippen molar-refractivity contribution in [2.45, 2.75) is 25.2 Å². The summed E-state index contributed by atoms with van der Waals surface area (Å²) in [6.45, 7) is 0. The molecule has 1 heterocycles. The third-order valence-electron chi connectivity index (χ3n) is 6.24. The van der Waals surface area contributed by atoms with Gasteiger partial charge in [-0.1, -0.05) is 54.6 Å². The van der Waals surface area contributed by atoms with Crippen LogP contribution in [0.1, 0.15) is 34.6 Å². The number of nitrogens with one attached hydrogen (secondary N) is 1. The van der Waals surface area contributed by atoms with Gasteiger partial charge in [-0.15, -0.1) is 0 Å². The zero-order chi connectivity index (χ0) is 24.4. The van der Waals surface area contributed by atoms with E-state index >= 15 is 0 Å². The number of fused-ring (bicyclic) bond motifs is 3. The van der Waals surface area contributed by atoms with Crippen molar-refractivity contribution in [1.82, 2.24) is 9.97 Å². The van der Waals surface area contributed by atoms with E-state index < -0.39 is 10.1 Å². The van der Waals surface area contributed by atoms with Crippen molar-refractivity contribution >= 4 is 21.8 Å². The van der Waals surface area contributed by atoms with Gasteiger partial charge in [0.2, 0.25) is 5.95 Å². The molecule has 4 aromatic rings. The fourth-order valence-electron chi connectivity index (χ4n) is 4.57. The van der Waals surface area contributed by atoms with E-state index in [9.17, 15) is 12.8 Å². The van der Waals surface area contributed by atoms with Crippen LogP contribution in [0.5, 0.6) is 0 Å². The van der Waals surface area contributed by atoms with Crippen molar-refractivity contribution in [3.8, 4) is 11.3 Å². The molecule has 1 aliphatic rings. The van der Waals surface area contributed by atoms with Gasteiger partial charge in [0.1, 0.15) is 5.82 Å². The van der Waals surface area contributed by atoms with Crippen LogP contribution in [0.4, 0.5) is 16.0 Å². The third kappa shape index (κ3) is 5.23. The number of halogens is 1. The molecular weight excluding hydrogens is 465 g/mol. The van der Waals surface area contributed by atoms with Gasteiger partial charge >= 0.3 is 0 Å². The minimum atomic E-state index is -3.94. The highest BCUT2D eigenvalue weighted by atomic mass is 32.2. The van der Waals surface area contributed by atoms with E-state index in [1.807, 2.05) is 60.7 Å². The Morgan fingerprint density at radius 3 is 2.43 bits per heavy atom. The van der Waals surface area contributed by atoms with Crippen molar-refractivity contribution in [1.29, 1.82) is 0 Å². The molecule has 0 saturated carbocycles. The van der Waals surface area contributed by atoms with Crippen LogP contribution >= 0.6 is 0 Å². The average Bonchev–Trinajstić information content (AvgIpc) is 2.84. The molecule has 1 atom stereocenters. The number of aryl methyl sites for hydroxylation is 1. The van der Waals surface area contributed by atoms with Crippen LogP contribution in [0.15, 0.2) is 79.0 Å². The van der Waals surface area contributed by atoms with Crippen molar-refractivity contribution < 1.29 is 17.4 Å². The molecule has 3 aromatic carbocycles. The Balaban J connectivity index is 1.37. The summed E-state index contributed by atoms with van der Waals surface area (Å²) < 4.78 is 45.2. The van der Waals surface area contributed by atoms with Crippen LogP contribution in [0.25, 0.3) is 11.3 Å². The lowest BCUT2D eigenvalue weighted by Gasteiger charge is -2.27. The molecule has 35 heavy (non-hydrogen) atoms. The highest BCUT2D eigenvalue weighted by Crippen LogP contribution is 2.42. The van der Waals surface area contributed by atoms with Gasteiger partial charge in [0.15, 0.2) is 0 Å². The molecule has 1 aliphatic carbocycles. The van der Waals surface area contributed by atoms with Gasteiger partial charge in [0.25, 0.3) is 10.1 Å². The number of rotatable bonds is 7. The predicted molar refractivity (Wildman–Crippen MR) is 134 cm³/mol. The third-order valence-corrected chi connectivity index (χ3v) is 7.04. The Kier molecular flexibility index (Phi) is 6.32. The van der Waals surface area contributed by atoms with Crippen molar-refractivity contribution in [2.75, 3.05) is 11.1 Å². The quantitative estimate of drug-likeness (QED) is 0.332. The standard InChI is InChI=1S/C27H24FN3O3S/c28-25-10-4-3-8-22(25)24-16-19-17-29-27(31-26(19)23-9-2-1-7-21(23)24)30-20-13-11-18(12-14-20)6-5-15-35(32,33)34/h1-4,7-14,17,24H,5-6,15-16H2,(H,29,30,31)(H,32,33,34)/t24-/m0/s1. The lowest BCUT2D eigenvalue weighted by Crippen LogP contribution is -2.16. The summed E-state index contributed by atoms with van der Waals surface area (Å²) in [5.74, 6) is -0.107. The molecule has 0 aliphatic heterocycles. The fraction of sp³-hybridized carbons (Fsp3) is 0.185. The van der Waals surface area contributed by atoms with E-state index in [-0.39, 0.29) is 17.5 Å². The topological polar surface area (TPSA) is 92.2 Å². The molecule has 0 radical (unpaired) electrons. The van der Waals surface area contributed by atoms with Crippen LogP contribution in [-0.2, 0) is 23.0 Å². The number of anilines is 2. The fourth-order valence-corrected chi connectivity index (χ4v) is 5.08. The lowest BCUT2D eigenvalue weighted by atomic mass is 9.78. The average molecular weight is 490 g/mol. The van der Waals surface area contributed by atoms with Crippen LogP contribution in [0.3, 0.4) is 0 Å².